The van der Waals surface area contributed by atoms with Crippen molar-refractivity contribution in [2.45, 2.75) is 50.5 Å². The summed E-state index contributed by atoms with van der Waals surface area (Å²) in [6.45, 7) is 4.83. The highest BCUT2D eigenvalue weighted by atomic mass is 32.2. The van der Waals surface area contributed by atoms with Gasteiger partial charge in [0.05, 0.1) is 17.1 Å². The number of fused-ring (bicyclic) bond motifs is 1. The van der Waals surface area contributed by atoms with Crippen LogP contribution in [0.15, 0.2) is 76.8 Å². The second kappa shape index (κ2) is 13.6. The molecular formula is C33H35FN6O6S2. The molecule has 3 aromatic heterocycles. The van der Waals surface area contributed by atoms with Crippen molar-refractivity contribution >= 4 is 33.0 Å². The lowest BCUT2D eigenvalue weighted by atomic mass is 10.1. The number of rotatable bonds is 10. The summed E-state index contributed by atoms with van der Waals surface area (Å²) in [5, 5.41) is 0.363. The average Bonchev–Trinajstić information content (AvgIpc) is 3.68. The van der Waals surface area contributed by atoms with Crippen LogP contribution in [0.3, 0.4) is 0 Å². The molecule has 12 nitrogen and oxygen atoms in total. The zero-order valence-electron chi connectivity index (χ0n) is 26.9. The van der Waals surface area contributed by atoms with Gasteiger partial charge in [0.1, 0.15) is 24.0 Å². The topological polar surface area (TPSA) is 128 Å². The van der Waals surface area contributed by atoms with Crippen LogP contribution in [0.5, 0.6) is 5.75 Å². The molecule has 0 bridgehead atoms. The molecule has 1 aliphatic rings. The monoisotopic (exact) mass is 694 g/mol. The average molecular weight is 695 g/mol. The summed E-state index contributed by atoms with van der Waals surface area (Å²) < 4.78 is 56.0. The summed E-state index contributed by atoms with van der Waals surface area (Å²) in [5.41, 5.74) is 0.952. The van der Waals surface area contributed by atoms with E-state index in [1.54, 1.807) is 28.1 Å². The van der Waals surface area contributed by atoms with E-state index < -0.39 is 21.4 Å². The van der Waals surface area contributed by atoms with Crippen molar-refractivity contribution < 1.29 is 27.1 Å². The predicted molar refractivity (Wildman–Crippen MR) is 178 cm³/mol. The number of hydrogen-bond acceptors (Lipinski definition) is 9. The molecule has 1 aliphatic heterocycles. The molecule has 15 heteroatoms. The number of halogens is 1. The summed E-state index contributed by atoms with van der Waals surface area (Å²) in [6, 6.07) is 13.0. The van der Waals surface area contributed by atoms with Gasteiger partial charge in [0.15, 0.2) is 5.69 Å². The van der Waals surface area contributed by atoms with Gasteiger partial charge in [-0.05, 0) is 37.1 Å². The third-order valence-electron chi connectivity index (χ3n) is 7.92. The Labute approximate surface area is 281 Å². The first-order valence-electron chi connectivity index (χ1n) is 15.3. The van der Waals surface area contributed by atoms with Crippen molar-refractivity contribution in [2.75, 3.05) is 27.2 Å². The fraction of sp³-hybridized carbons (Fsp3) is 0.333. The lowest BCUT2D eigenvalue weighted by molar-refractivity contribution is -0.143. The number of morpholine rings is 1. The molecule has 1 fully saturated rings. The Balaban J connectivity index is 1.38. The van der Waals surface area contributed by atoms with Crippen LogP contribution < -0.4 is 10.3 Å². The number of hydrogen-bond donors (Lipinski definition) is 0. The van der Waals surface area contributed by atoms with Crippen molar-refractivity contribution in [2.24, 2.45) is 0 Å². The maximum atomic E-state index is 14.2. The van der Waals surface area contributed by atoms with Gasteiger partial charge >= 0.3 is 5.56 Å². The Bertz CT molecular complexity index is 2120. The second-order valence-electron chi connectivity index (χ2n) is 11.9. The molecule has 0 unspecified atom stereocenters. The smallest absolute Gasteiger partial charge is 0.302 e. The fourth-order valence-electron chi connectivity index (χ4n) is 5.61. The van der Waals surface area contributed by atoms with E-state index in [0.717, 1.165) is 15.9 Å². The largest absolute Gasteiger partial charge is 0.481 e. The van der Waals surface area contributed by atoms with Crippen LogP contribution in [-0.2, 0) is 39.1 Å². The van der Waals surface area contributed by atoms with Crippen LogP contribution in [-0.4, -0.2) is 81.9 Å². The van der Waals surface area contributed by atoms with Gasteiger partial charge in [-0.15, -0.1) is 11.3 Å². The van der Waals surface area contributed by atoms with Crippen molar-refractivity contribution in [3.63, 3.8) is 0 Å². The number of benzene rings is 2. The van der Waals surface area contributed by atoms with E-state index in [2.05, 4.69) is 4.98 Å². The molecular weight excluding hydrogens is 660 g/mol. The molecule has 2 atom stereocenters. The molecule has 1 saturated heterocycles. The number of imidazole rings is 1. The van der Waals surface area contributed by atoms with Gasteiger partial charge in [0.2, 0.25) is 27.5 Å². The van der Waals surface area contributed by atoms with Crippen LogP contribution in [0.2, 0.25) is 0 Å². The van der Waals surface area contributed by atoms with Gasteiger partial charge in [0, 0.05) is 57.1 Å². The first-order chi connectivity index (χ1) is 22.9. The summed E-state index contributed by atoms with van der Waals surface area (Å²) in [6.07, 6.45) is 4.71. The Kier molecular flexibility index (Phi) is 9.47. The maximum Gasteiger partial charge on any atom is 0.302 e. The van der Waals surface area contributed by atoms with Crippen molar-refractivity contribution in [3.05, 3.63) is 99.3 Å². The molecule has 2 aromatic carbocycles. The van der Waals surface area contributed by atoms with E-state index in [1.807, 2.05) is 44.2 Å². The van der Waals surface area contributed by atoms with Crippen LogP contribution in [0, 0.1) is 5.82 Å². The standard InChI is InChI=1S/C33H35FN6O6S2/c1-21-17-39(18-22(2)46-21)28(41)19-38-12-13-40-32(42)30(45-20-23-8-6-5-7-9-23)29(36-33(38)40)31-35-16-26(47-31)14-24-10-11-25(34)15-27(24)48(43,44)37(3)4/h5-13,15-16,21-22H,14,17-20H2,1-4H3/t21-,22-/m0/s1. The first-order valence-corrected chi connectivity index (χ1v) is 17.5. The number of ether oxygens (including phenoxy) is 2. The van der Waals surface area contributed by atoms with Crippen LogP contribution in [0.25, 0.3) is 16.5 Å². The molecule has 4 heterocycles. The van der Waals surface area contributed by atoms with E-state index in [0.29, 0.717) is 28.5 Å². The minimum atomic E-state index is -3.93. The zero-order chi connectivity index (χ0) is 34.2. The van der Waals surface area contributed by atoms with E-state index in [4.69, 9.17) is 14.5 Å². The quantitative estimate of drug-likeness (QED) is 0.216. The van der Waals surface area contributed by atoms with Gasteiger partial charge in [-0.25, -0.2) is 31.5 Å². The molecule has 48 heavy (non-hydrogen) atoms. The lowest BCUT2D eigenvalue weighted by Crippen LogP contribution is -2.49. The molecule has 0 spiro atoms. The van der Waals surface area contributed by atoms with Crippen molar-refractivity contribution in [3.8, 4) is 16.5 Å². The Morgan fingerprint density at radius 1 is 1.10 bits per heavy atom. The Morgan fingerprint density at radius 2 is 1.83 bits per heavy atom. The molecule has 0 N–H and O–H groups in total. The Morgan fingerprint density at radius 3 is 2.54 bits per heavy atom. The van der Waals surface area contributed by atoms with Gasteiger partial charge in [-0.1, -0.05) is 36.4 Å². The number of sulfonamides is 1. The number of aromatic nitrogens is 4. The summed E-state index contributed by atoms with van der Waals surface area (Å²) >= 11 is 1.21. The SMILES string of the molecule is C[C@H]1CN(C(=O)Cn2ccn3c(=O)c(OCc4ccccc4)c(-c4ncc(Cc5ccc(F)cc5S(=O)(=O)N(C)C)s4)nc23)C[C@H](C)O1. The molecule has 1 amide bonds. The minimum Gasteiger partial charge on any atom is -0.481 e. The fourth-order valence-corrected chi connectivity index (χ4v) is 7.66. The molecule has 6 rings (SSSR count). The Hall–Kier alpha value is -4.44. The van der Waals surface area contributed by atoms with Gasteiger partial charge in [-0.2, -0.15) is 0 Å². The normalized spacial score (nSPS) is 16.9. The first kappa shape index (κ1) is 33.5. The number of carbonyl (C=O) groups is 1. The van der Waals surface area contributed by atoms with Crippen LogP contribution in [0.1, 0.15) is 29.9 Å². The number of thiazole rings is 1. The van der Waals surface area contributed by atoms with Crippen LogP contribution in [0.4, 0.5) is 4.39 Å². The van der Waals surface area contributed by atoms with Crippen molar-refractivity contribution in [1.29, 1.82) is 0 Å². The summed E-state index contributed by atoms with van der Waals surface area (Å²) in [5.74, 6) is -0.578. The molecule has 252 valence electrons. The lowest BCUT2D eigenvalue weighted by Gasteiger charge is -2.35. The van der Waals surface area contributed by atoms with Crippen LogP contribution >= 0.6 is 11.3 Å². The van der Waals surface area contributed by atoms with Gasteiger partial charge in [0.25, 0.3) is 0 Å². The van der Waals surface area contributed by atoms with E-state index in [1.165, 1.54) is 42.0 Å². The molecule has 0 radical (unpaired) electrons. The van der Waals surface area contributed by atoms with Gasteiger partial charge < -0.3 is 18.9 Å². The third-order valence-corrected chi connectivity index (χ3v) is 10.8. The number of nitrogens with zero attached hydrogens (tertiary/aromatic N) is 6. The summed E-state index contributed by atoms with van der Waals surface area (Å²) in [7, 11) is -1.16. The molecule has 5 aromatic rings. The highest BCUT2D eigenvalue weighted by Gasteiger charge is 2.28. The number of amides is 1. The highest BCUT2D eigenvalue weighted by molar-refractivity contribution is 7.89. The third kappa shape index (κ3) is 6.90. The van der Waals surface area contributed by atoms with Gasteiger partial charge in [-0.3, -0.25) is 9.59 Å². The maximum absolute atomic E-state index is 14.2. The highest BCUT2D eigenvalue weighted by Crippen LogP contribution is 2.32. The molecule has 0 aliphatic carbocycles. The van der Waals surface area contributed by atoms with E-state index in [9.17, 15) is 22.4 Å². The van der Waals surface area contributed by atoms with E-state index >= 15 is 0 Å². The van der Waals surface area contributed by atoms with E-state index in [-0.39, 0.29) is 59.8 Å². The predicted octanol–water partition coefficient (Wildman–Crippen LogP) is 3.81. The van der Waals surface area contributed by atoms with Crippen molar-refractivity contribution in [1.82, 2.24) is 28.1 Å². The summed E-state index contributed by atoms with van der Waals surface area (Å²) in [4.78, 5) is 38.9. The second-order valence-corrected chi connectivity index (χ2v) is 15.1. The zero-order valence-corrected chi connectivity index (χ0v) is 28.5. The molecule has 0 saturated carbocycles. The number of carbonyl (C=O) groups excluding carboxylic acids is 1. The minimum absolute atomic E-state index is 0.0187.